The molecule has 2 unspecified atom stereocenters. The van der Waals surface area contributed by atoms with Crippen molar-refractivity contribution in [2.24, 2.45) is 0 Å². The van der Waals surface area contributed by atoms with Crippen LogP contribution >= 0.6 is 11.8 Å². The van der Waals surface area contributed by atoms with Crippen LogP contribution in [-0.2, 0) is 10.9 Å². The Kier molecular flexibility index (Phi) is 5.35. The Hall–Kier alpha value is -0.720. The first-order chi connectivity index (χ1) is 9.52. The average Bonchev–Trinajstić information content (AvgIpc) is 2.45. The van der Waals surface area contributed by atoms with Crippen molar-refractivity contribution < 1.29 is 17.9 Å². The smallest absolute Gasteiger partial charge is 0.375 e. The Morgan fingerprint density at radius 1 is 1.35 bits per heavy atom. The fraction of sp³-hybridized carbons (Fsp3) is 0.571. The van der Waals surface area contributed by atoms with Crippen LogP contribution in [0.3, 0.4) is 0 Å². The number of rotatable bonds is 4. The number of ether oxygens (including phenoxy) is 1. The van der Waals surface area contributed by atoms with E-state index in [1.165, 1.54) is 0 Å². The van der Waals surface area contributed by atoms with Crippen molar-refractivity contribution in [1.29, 1.82) is 0 Å². The predicted molar refractivity (Wildman–Crippen MR) is 74.9 cm³/mol. The quantitative estimate of drug-likeness (QED) is 0.920. The van der Waals surface area contributed by atoms with Crippen molar-refractivity contribution in [3.05, 3.63) is 35.4 Å². The first kappa shape index (κ1) is 15.7. The zero-order chi connectivity index (χ0) is 14.6. The minimum absolute atomic E-state index is 0.00503. The molecule has 0 bridgehead atoms. The molecule has 6 heteroatoms. The van der Waals surface area contributed by atoms with Gasteiger partial charge in [-0.05, 0) is 24.2 Å². The number of alkyl halides is 3. The van der Waals surface area contributed by atoms with Crippen molar-refractivity contribution >= 4 is 11.8 Å². The molecule has 1 aromatic rings. The highest BCUT2D eigenvalue weighted by Gasteiger charge is 2.31. The molecular weight excluding hydrogens is 287 g/mol. The molecule has 2 nitrogen and oxygen atoms in total. The van der Waals surface area contributed by atoms with Crippen molar-refractivity contribution in [2.75, 3.05) is 24.7 Å². The van der Waals surface area contributed by atoms with Gasteiger partial charge in [0.25, 0.3) is 0 Å². The summed E-state index contributed by atoms with van der Waals surface area (Å²) in [5.74, 6) is 1.83. The van der Waals surface area contributed by atoms with E-state index in [0.717, 1.165) is 35.7 Å². The van der Waals surface area contributed by atoms with Crippen LogP contribution in [0.5, 0.6) is 0 Å². The number of halogens is 3. The van der Waals surface area contributed by atoms with Crippen LogP contribution in [0.4, 0.5) is 13.2 Å². The van der Waals surface area contributed by atoms with Gasteiger partial charge in [0.15, 0.2) is 0 Å². The van der Waals surface area contributed by atoms with E-state index in [4.69, 9.17) is 4.74 Å². The van der Waals surface area contributed by atoms with E-state index in [2.05, 4.69) is 5.32 Å². The molecule has 20 heavy (non-hydrogen) atoms. The molecule has 1 aromatic carbocycles. The molecule has 0 aliphatic carbocycles. The number of hydrogen-bond acceptors (Lipinski definition) is 3. The van der Waals surface area contributed by atoms with Crippen LogP contribution in [0.1, 0.15) is 24.1 Å². The van der Waals surface area contributed by atoms with Crippen LogP contribution in [0.15, 0.2) is 24.3 Å². The van der Waals surface area contributed by atoms with Crippen molar-refractivity contribution in [1.82, 2.24) is 5.32 Å². The zero-order valence-electron chi connectivity index (χ0n) is 11.2. The van der Waals surface area contributed by atoms with Gasteiger partial charge in [-0.2, -0.15) is 24.9 Å². The lowest BCUT2D eigenvalue weighted by Crippen LogP contribution is -2.38. The van der Waals surface area contributed by atoms with Crippen LogP contribution in [0, 0.1) is 0 Å². The summed E-state index contributed by atoms with van der Waals surface area (Å²) in [6.45, 7) is 3.42. The summed E-state index contributed by atoms with van der Waals surface area (Å²) in [5.41, 5.74) is 0.225. The minimum atomic E-state index is -4.29. The van der Waals surface area contributed by atoms with Crippen LogP contribution in [-0.4, -0.2) is 30.8 Å². The van der Waals surface area contributed by atoms with E-state index >= 15 is 0 Å². The first-order valence-electron chi connectivity index (χ1n) is 6.62. The molecule has 0 spiro atoms. The van der Waals surface area contributed by atoms with Gasteiger partial charge >= 0.3 is 6.18 Å². The maximum absolute atomic E-state index is 12.6. The molecule has 2 atom stereocenters. The van der Waals surface area contributed by atoms with Gasteiger partial charge in [0.05, 0.1) is 24.3 Å². The Labute approximate surface area is 121 Å². The summed E-state index contributed by atoms with van der Waals surface area (Å²) < 4.78 is 43.5. The number of benzene rings is 1. The number of thioether (sulfide) groups is 1. The third-order valence-corrected chi connectivity index (χ3v) is 4.25. The maximum Gasteiger partial charge on any atom is 0.416 e. The topological polar surface area (TPSA) is 21.3 Å². The van der Waals surface area contributed by atoms with Crippen molar-refractivity contribution in [2.45, 2.75) is 25.2 Å². The van der Waals surface area contributed by atoms with Gasteiger partial charge in [0, 0.05) is 11.5 Å². The van der Waals surface area contributed by atoms with E-state index < -0.39 is 11.7 Å². The molecule has 112 valence electrons. The van der Waals surface area contributed by atoms with E-state index in [1.54, 1.807) is 12.1 Å². The summed E-state index contributed by atoms with van der Waals surface area (Å²) in [6, 6.07) is 5.29. The van der Waals surface area contributed by atoms with Crippen molar-refractivity contribution in [3.63, 3.8) is 0 Å². The summed E-state index contributed by atoms with van der Waals surface area (Å²) in [4.78, 5) is 0. The fourth-order valence-electron chi connectivity index (χ4n) is 2.26. The van der Waals surface area contributed by atoms with E-state index in [1.807, 2.05) is 18.7 Å². The van der Waals surface area contributed by atoms with E-state index in [0.29, 0.717) is 6.61 Å². The highest BCUT2D eigenvalue weighted by atomic mass is 32.2. The SMILES string of the molecule is CCNC(c1ccc(C(F)(F)F)cc1)C1CSCCO1. The number of hydrogen-bond donors (Lipinski definition) is 1. The Balaban J connectivity index is 2.16. The summed E-state index contributed by atoms with van der Waals surface area (Å²) in [7, 11) is 0. The normalized spacial score (nSPS) is 21.7. The van der Waals surface area contributed by atoms with Crippen LogP contribution < -0.4 is 5.32 Å². The number of likely N-dealkylation sites (N-methyl/N-ethyl adjacent to an activating group) is 1. The molecule has 2 rings (SSSR count). The molecule has 0 aromatic heterocycles. The predicted octanol–water partition coefficient (Wildman–Crippen LogP) is 3.49. The second-order valence-corrected chi connectivity index (χ2v) is 5.79. The molecule has 1 heterocycles. The highest BCUT2D eigenvalue weighted by molar-refractivity contribution is 7.99. The maximum atomic E-state index is 12.6. The Morgan fingerprint density at radius 2 is 2.05 bits per heavy atom. The van der Waals surface area contributed by atoms with Gasteiger partial charge in [-0.1, -0.05) is 19.1 Å². The van der Waals surface area contributed by atoms with E-state index in [9.17, 15) is 13.2 Å². The first-order valence-corrected chi connectivity index (χ1v) is 7.77. The minimum Gasteiger partial charge on any atom is -0.375 e. The molecule has 0 radical (unpaired) electrons. The second-order valence-electron chi connectivity index (χ2n) is 4.64. The highest BCUT2D eigenvalue weighted by Crippen LogP contribution is 2.31. The Morgan fingerprint density at radius 3 is 2.55 bits per heavy atom. The van der Waals surface area contributed by atoms with Gasteiger partial charge < -0.3 is 10.1 Å². The summed E-state index contributed by atoms with van der Waals surface area (Å²) in [5, 5.41) is 3.31. The van der Waals surface area contributed by atoms with Gasteiger partial charge in [0.1, 0.15) is 0 Å². The zero-order valence-corrected chi connectivity index (χ0v) is 12.1. The molecule has 1 N–H and O–H groups in total. The van der Waals surface area contributed by atoms with Crippen LogP contribution in [0.25, 0.3) is 0 Å². The monoisotopic (exact) mass is 305 g/mol. The fourth-order valence-corrected chi connectivity index (χ4v) is 3.16. The average molecular weight is 305 g/mol. The number of nitrogens with one attached hydrogen (secondary N) is 1. The van der Waals surface area contributed by atoms with Gasteiger partial charge in [0.2, 0.25) is 0 Å². The Bertz CT molecular complexity index is 415. The molecule has 1 fully saturated rings. The van der Waals surface area contributed by atoms with Crippen molar-refractivity contribution in [3.8, 4) is 0 Å². The lowest BCUT2D eigenvalue weighted by molar-refractivity contribution is -0.137. The molecule has 1 aliphatic rings. The molecule has 1 aliphatic heterocycles. The van der Waals surface area contributed by atoms with Crippen LogP contribution in [0.2, 0.25) is 0 Å². The lowest BCUT2D eigenvalue weighted by atomic mass is 10.0. The van der Waals surface area contributed by atoms with Gasteiger partial charge in [-0.3, -0.25) is 0 Å². The third-order valence-electron chi connectivity index (χ3n) is 3.23. The van der Waals surface area contributed by atoms with Gasteiger partial charge in [-0.15, -0.1) is 0 Å². The molecule has 1 saturated heterocycles. The molecule has 0 amide bonds. The molecule has 0 saturated carbocycles. The summed E-state index contributed by atoms with van der Waals surface area (Å²) in [6.07, 6.45) is -4.28. The molecular formula is C14H18F3NOS. The second kappa shape index (κ2) is 6.83. The third kappa shape index (κ3) is 3.90. The van der Waals surface area contributed by atoms with E-state index in [-0.39, 0.29) is 12.1 Å². The largest absolute Gasteiger partial charge is 0.416 e. The standard InChI is InChI=1S/C14H18F3NOS/c1-2-18-13(12-9-20-8-7-19-12)10-3-5-11(6-4-10)14(15,16)17/h3-6,12-13,18H,2,7-9H2,1H3. The lowest BCUT2D eigenvalue weighted by Gasteiger charge is -2.31. The van der Waals surface area contributed by atoms with Gasteiger partial charge in [-0.25, -0.2) is 0 Å². The summed E-state index contributed by atoms with van der Waals surface area (Å²) >= 11 is 1.81.